The number of nitrogens with one attached hydrogen (secondary N) is 1. The van der Waals surface area contributed by atoms with Crippen LogP contribution in [0, 0.1) is 23.2 Å². The first kappa shape index (κ1) is 22.1. The van der Waals surface area contributed by atoms with E-state index < -0.39 is 0 Å². The smallest absolute Gasteiger partial charge is 0.268 e. The van der Waals surface area contributed by atoms with Crippen LogP contribution >= 0.6 is 0 Å². The lowest BCUT2D eigenvalue weighted by Crippen LogP contribution is -2.51. The number of carbonyl (C=O) groups is 2. The Kier molecular flexibility index (Phi) is 5.63. The van der Waals surface area contributed by atoms with E-state index in [2.05, 4.69) is 10.3 Å². The minimum atomic E-state index is -0.0458. The zero-order chi connectivity index (χ0) is 23.3. The molecule has 2 amide bonds. The Morgan fingerprint density at radius 2 is 1.88 bits per heavy atom. The molecule has 2 aromatic rings. The summed E-state index contributed by atoms with van der Waals surface area (Å²) in [5.74, 6) is 2.65. The highest BCUT2D eigenvalue weighted by Gasteiger charge is 2.50. The van der Waals surface area contributed by atoms with E-state index >= 15 is 0 Å². The van der Waals surface area contributed by atoms with Crippen molar-refractivity contribution in [2.75, 3.05) is 26.7 Å². The normalized spacial score (nSPS) is 32.3. The minimum absolute atomic E-state index is 0.0458. The topological polar surface area (TPSA) is 75.9 Å². The SMILES string of the molecule is COC1CCCN(C(=O)Cc2cn3c(C(=O)NCC45CC6CC(CC(C6)C4)C5)cccc3n2)C1. The first-order valence-corrected chi connectivity index (χ1v) is 13.1. The number of rotatable bonds is 6. The molecule has 5 fully saturated rings. The fourth-order valence-electron chi connectivity index (χ4n) is 7.82. The van der Waals surface area contributed by atoms with Crippen molar-refractivity contribution < 1.29 is 14.3 Å². The highest BCUT2D eigenvalue weighted by Crippen LogP contribution is 2.59. The van der Waals surface area contributed by atoms with Crippen molar-refractivity contribution in [2.24, 2.45) is 23.2 Å². The van der Waals surface area contributed by atoms with Crippen LogP contribution < -0.4 is 5.32 Å². The summed E-state index contributed by atoms with van der Waals surface area (Å²) in [6, 6.07) is 5.62. The van der Waals surface area contributed by atoms with Gasteiger partial charge in [0.2, 0.25) is 5.91 Å². The van der Waals surface area contributed by atoms with Gasteiger partial charge in [0.1, 0.15) is 11.3 Å². The van der Waals surface area contributed by atoms with Crippen molar-refractivity contribution in [1.29, 1.82) is 0 Å². The van der Waals surface area contributed by atoms with Crippen LogP contribution in [0.15, 0.2) is 24.4 Å². The summed E-state index contributed by atoms with van der Waals surface area (Å²) >= 11 is 0. The average molecular weight is 465 g/mol. The molecule has 7 rings (SSSR count). The Bertz CT molecular complexity index is 1060. The Balaban J connectivity index is 1.14. The molecule has 7 heteroatoms. The number of pyridine rings is 1. The molecule has 1 N–H and O–H groups in total. The summed E-state index contributed by atoms with van der Waals surface area (Å²) < 4.78 is 7.29. The lowest BCUT2D eigenvalue weighted by Gasteiger charge is -2.56. The quantitative estimate of drug-likeness (QED) is 0.710. The lowest BCUT2D eigenvalue weighted by atomic mass is 9.49. The number of likely N-dealkylation sites (tertiary alicyclic amines) is 1. The third kappa shape index (κ3) is 4.12. The van der Waals surface area contributed by atoms with Gasteiger partial charge in [-0.25, -0.2) is 4.98 Å². The van der Waals surface area contributed by atoms with E-state index in [1.165, 1.54) is 38.5 Å². The summed E-state index contributed by atoms with van der Waals surface area (Å²) in [7, 11) is 1.70. The van der Waals surface area contributed by atoms with E-state index in [0.29, 0.717) is 29.0 Å². The Morgan fingerprint density at radius 3 is 2.59 bits per heavy atom. The molecular formula is C27H36N4O3. The molecule has 3 heterocycles. The number of aromatic nitrogens is 2. The third-order valence-electron chi connectivity index (χ3n) is 8.96. The summed E-state index contributed by atoms with van der Waals surface area (Å²) in [6.07, 6.45) is 12.2. The van der Waals surface area contributed by atoms with Crippen LogP contribution in [0.5, 0.6) is 0 Å². The average Bonchev–Trinajstić information content (AvgIpc) is 3.24. The molecule has 182 valence electrons. The van der Waals surface area contributed by atoms with E-state index in [1.807, 2.05) is 33.7 Å². The molecule has 4 saturated carbocycles. The number of hydrogen-bond donors (Lipinski definition) is 1. The number of imidazole rings is 1. The maximum Gasteiger partial charge on any atom is 0.268 e. The largest absolute Gasteiger partial charge is 0.380 e. The van der Waals surface area contributed by atoms with Crippen LogP contribution in [0.2, 0.25) is 0 Å². The first-order chi connectivity index (χ1) is 16.5. The molecule has 0 radical (unpaired) electrons. The standard InChI is InChI=1S/C27H36N4O3/c1-34-22-4-3-7-30(16-22)25(32)11-21-15-31-23(5-2-6-24(31)29-21)26(33)28-17-27-12-18-8-19(13-27)10-20(9-18)14-27/h2,5-6,15,18-20,22H,3-4,7-14,16-17H2,1H3,(H,28,33). The molecule has 4 bridgehead atoms. The number of carbonyl (C=O) groups excluding carboxylic acids is 2. The molecule has 1 aliphatic heterocycles. The van der Waals surface area contributed by atoms with Gasteiger partial charge in [-0.3, -0.25) is 14.0 Å². The van der Waals surface area contributed by atoms with Crippen LogP contribution in [0.3, 0.4) is 0 Å². The zero-order valence-corrected chi connectivity index (χ0v) is 20.2. The lowest BCUT2D eigenvalue weighted by molar-refractivity contribution is -0.134. The number of ether oxygens (including phenoxy) is 1. The molecule has 0 spiro atoms. The molecule has 1 saturated heterocycles. The van der Waals surface area contributed by atoms with Gasteiger partial charge in [-0.2, -0.15) is 0 Å². The van der Waals surface area contributed by atoms with E-state index in [9.17, 15) is 9.59 Å². The van der Waals surface area contributed by atoms with Gasteiger partial charge in [-0.05, 0) is 86.7 Å². The number of amides is 2. The fourth-order valence-corrected chi connectivity index (χ4v) is 7.82. The monoisotopic (exact) mass is 464 g/mol. The van der Waals surface area contributed by atoms with Gasteiger partial charge in [0.25, 0.3) is 5.91 Å². The number of hydrogen-bond acceptors (Lipinski definition) is 4. The van der Waals surface area contributed by atoms with Crippen LogP contribution in [-0.4, -0.2) is 58.9 Å². The van der Waals surface area contributed by atoms with E-state index in [1.54, 1.807) is 7.11 Å². The van der Waals surface area contributed by atoms with Crippen molar-refractivity contribution in [2.45, 2.75) is 63.9 Å². The van der Waals surface area contributed by atoms with E-state index in [-0.39, 0.29) is 24.3 Å². The third-order valence-corrected chi connectivity index (χ3v) is 8.96. The molecular weight excluding hydrogens is 428 g/mol. The highest BCUT2D eigenvalue weighted by atomic mass is 16.5. The Morgan fingerprint density at radius 1 is 1.15 bits per heavy atom. The van der Waals surface area contributed by atoms with Crippen molar-refractivity contribution in [1.82, 2.24) is 19.6 Å². The number of piperidine rings is 1. The summed E-state index contributed by atoms with van der Waals surface area (Å²) in [6.45, 7) is 2.19. The number of nitrogens with zero attached hydrogens (tertiary/aromatic N) is 3. The maximum atomic E-state index is 13.3. The molecule has 34 heavy (non-hydrogen) atoms. The molecule has 2 aromatic heterocycles. The van der Waals surface area contributed by atoms with E-state index in [4.69, 9.17) is 4.74 Å². The van der Waals surface area contributed by atoms with Gasteiger partial charge in [0.05, 0.1) is 18.2 Å². The highest BCUT2D eigenvalue weighted by molar-refractivity contribution is 5.93. The first-order valence-electron chi connectivity index (χ1n) is 13.1. The van der Waals surface area contributed by atoms with E-state index in [0.717, 1.165) is 43.7 Å². The second-order valence-corrected chi connectivity index (χ2v) is 11.5. The number of methoxy groups -OCH3 is 1. The van der Waals surface area contributed by atoms with Crippen molar-refractivity contribution in [3.63, 3.8) is 0 Å². The van der Waals surface area contributed by atoms with Gasteiger partial charge >= 0.3 is 0 Å². The van der Waals surface area contributed by atoms with Gasteiger partial charge < -0.3 is 15.0 Å². The van der Waals surface area contributed by atoms with Gasteiger partial charge in [0, 0.05) is 32.9 Å². The van der Waals surface area contributed by atoms with Crippen LogP contribution in [-0.2, 0) is 16.0 Å². The Hall–Kier alpha value is -2.41. The molecule has 1 unspecified atom stereocenters. The van der Waals surface area contributed by atoms with Gasteiger partial charge in [0.15, 0.2) is 0 Å². The second-order valence-electron chi connectivity index (χ2n) is 11.5. The predicted octanol–water partition coefficient (Wildman–Crippen LogP) is 3.46. The summed E-state index contributed by atoms with van der Waals surface area (Å²) in [5, 5.41) is 3.28. The Labute approximate surface area is 201 Å². The molecule has 0 aromatic carbocycles. The van der Waals surface area contributed by atoms with Crippen LogP contribution in [0.1, 0.15) is 67.5 Å². The predicted molar refractivity (Wildman–Crippen MR) is 128 cm³/mol. The molecule has 4 aliphatic carbocycles. The molecule has 5 aliphatic rings. The second kappa shape index (κ2) is 8.67. The molecule has 1 atom stereocenters. The molecule has 7 nitrogen and oxygen atoms in total. The zero-order valence-electron chi connectivity index (χ0n) is 20.2. The number of fused-ring (bicyclic) bond motifs is 1. The van der Waals surface area contributed by atoms with Crippen LogP contribution in [0.25, 0.3) is 5.65 Å². The van der Waals surface area contributed by atoms with Crippen molar-refractivity contribution >= 4 is 17.5 Å². The van der Waals surface area contributed by atoms with Crippen molar-refractivity contribution in [3.8, 4) is 0 Å². The summed E-state index contributed by atoms with van der Waals surface area (Å²) in [4.78, 5) is 32.6. The maximum absolute atomic E-state index is 13.3. The minimum Gasteiger partial charge on any atom is -0.380 e. The van der Waals surface area contributed by atoms with Gasteiger partial charge in [-0.1, -0.05) is 6.07 Å². The summed E-state index contributed by atoms with van der Waals surface area (Å²) in [5.41, 5.74) is 2.30. The van der Waals surface area contributed by atoms with Crippen molar-refractivity contribution in [3.05, 3.63) is 35.8 Å². The fraction of sp³-hybridized carbons (Fsp3) is 0.667. The van der Waals surface area contributed by atoms with Crippen LogP contribution in [0.4, 0.5) is 0 Å². The van der Waals surface area contributed by atoms with Gasteiger partial charge in [-0.15, -0.1) is 0 Å².